The summed E-state index contributed by atoms with van der Waals surface area (Å²) in [7, 11) is 0. The maximum atomic E-state index is 13.2. The quantitative estimate of drug-likeness (QED) is 0.218. The van der Waals surface area contributed by atoms with E-state index in [1.165, 1.54) is 15.9 Å². The van der Waals surface area contributed by atoms with Crippen molar-refractivity contribution in [1.82, 2.24) is 9.55 Å². The molecule has 0 aliphatic rings. The van der Waals surface area contributed by atoms with E-state index in [0.717, 1.165) is 11.8 Å². The molecule has 0 saturated carbocycles. The summed E-state index contributed by atoms with van der Waals surface area (Å²) in [5.41, 5.74) is 1.42. The predicted octanol–water partition coefficient (Wildman–Crippen LogP) is 5.01. The predicted molar refractivity (Wildman–Crippen MR) is 132 cm³/mol. The lowest BCUT2D eigenvalue weighted by molar-refractivity contribution is -0.113. The van der Waals surface area contributed by atoms with E-state index >= 15 is 0 Å². The maximum absolute atomic E-state index is 13.2. The van der Waals surface area contributed by atoms with Crippen LogP contribution in [-0.4, -0.2) is 33.8 Å². The Morgan fingerprint density at radius 3 is 2.70 bits per heavy atom. The first-order valence-electron chi connectivity index (χ1n) is 9.93. The molecule has 2 aromatic carbocycles. The summed E-state index contributed by atoms with van der Waals surface area (Å²) in [5.74, 6) is -0.913. The fourth-order valence-electron chi connectivity index (χ4n) is 3.13. The number of thiophene rings is 1. The van der Waals surface area contributed by atoms with Crippen LogP contribution in [0, 0.1) is 0 Å². The molecule has 2 aromatic heterocycles. The van der Waals surface area contributed by atoms with Crippen LogP contribution >= 0.6 is 34.7 Å². The number of benzene rings is 2. The highest BCUT2D eigenvalue weighted by Gasteiger charge is 2.18. The highest BCUT2D eigenvalue weighted by molar-refractivity contribution is 7.99. The van der Waals surface area contributed by atoms with Gasteiger partial charge in [-0.2, -0.15) is 0 Å². The molecule has 168 valence electrons. The van der Waals surface area contributed by atoms with Gasteiger partial charge >= 0.3 is 5.97 Å². The highest BCUT2D eigenvalue weighted by atomic mass is 35.5. The minimum atomic E-state index is -0.516. The molecule has 1 N–H and O–H groups in total. The van der Waals surface area contributed by atoms with Gasteiger partial charge in [0.15, 0.2) is 5.16 Å². The molecule has 1 amide bonds. The van der Waals surface area contributed by atoms with Crippen LogP contribution in [0.2, 0.25) is 5.02 Å². The average Bonchev–Trinajstić information content (AvgIpc) is 3.28. The molecule has 4 aromatic rings. The Hall–Kier alpha value is -3.14. The topological polar surface area (TPSA) is 90.3 Å². The van der Waals surface area contributed by atoms with Gasteiger partial charge in [-0.15, -0.1) is 11.3 Å². The third-order valence-corrected chi connectivity index (χ3v) is 6.72. The van der Waals surface area contributed by atoms with Crippen molar-refractivity contribution in [3.8, 4) is 5.69 Å². The van der Waals surface area contributed by atoms with Crippen molar-refractivity contribution in [3.63, 3.8) is 0 Å². The van der Waals surface area contributed by atoms with Crippen LogP contribution in [0.5, 0.6) is 0 Å². The molecular weight excluding hydrogens is 482 g/mol. The number of carbonyl (C=O) groups excluding carboxylic acids is 2. The summed E-state index contributed by atoms with van der Waals surface area (Å²) < 4.78 is 6.98. The molecular formula is C23H18ClN3O4S2. The molecule has 4 rings (SSSR count). The van der Waals surface area contributed by atoms with Crippen molar-refractivity contribution in [2.45, 2.75) is 12.1 Å². The van der Waals surface area contributed by atoms with Crippen LogP contribution in [0.25, 0.3) is 15.9 Å². The molecule has 33 heavy (non-hydrogen) atoms. The van der Waals surface area contributed by atoms with Crippen molar-refractivity contribution in [2.24, 2.45) is 0 Å². The number of hydrogen-bond donors (Lipinski definition) is 1. The molecule has 0 aliphatic heterocycles. The monoisotopic (exact) mass is 499 g/mol. The van der Waals surface area contributed by atoms with E-state index in [9.17, 15) is 14.4 Å². The summed E-state index contributed by atoms with van der Waals surface area (Å²) >= 11 is 8.76. The summed E-state index contributed by atoms with van der Waals surface area (Å²) in [6.07, 6.45) is 0. The zero-order valence-corrected chi connectivity index (χ0v) is 19.8. The lowest BCUT2D eigenvalue weighted by Crippen LogP contribution is -2.22. The molecule has 0 radical (unpaired) electrons. The number of carbonyl (C=O) groups is 2. The van der Waals surface area contributed by atoms with Crippen LogP contribution < -0.4 is 10.9 Å². The van der Waals surface area contributed by atoms with Crippen molar-refractivity contribution < 1.29 is 14.3 Å². The minimum Gasteiger partial charge on any atom is -0.462 e. The number of hydrogen-bond acceptors (Lipinski definition) is 7. The minimum absolute atomic E-state index is 0.0380. The largest absolute Gasteiger partial charge is 0.462 e. The van der Waals surface area contributed by atoms with E-state index in [1.54, 1.807) is 66.9 Å². The van der Waals surface area contributed by atoms with Gasteiger partial charge in [0.25, 0.3) is 5.56 Å². The number of rotatable bonds is 7. The highest BCUT2D eigenvalue weighted by Crippen LogP contribution is 2.27. The Morgan fingerprint density at radius 2 is 1.91 bits per heavy atom. The Bertz CT molecular complexity index is 1400. The van der Waals surface area contributed by atoms with E-state index in [-0.39, 0.29) is 29.4 Å². The molecule has 10 heteroatoms. The Balaban J connectivity index is 1.61. The Labute approximate surface area is 202 Å². The van der Waals surface area contributed by atoms with Crippen molar-refractivity contribution >= 4 is 62.5 Å². The van der Waals surface area contributed by atoms with E-state index in [1.807, 2.05) is 0 Å². The standard InChI is InChI=1S/C23H18ClN3O4S2/c1-2-31-22(30)14-7-3-5-9-16(14)25-19(28)13-33-23-26-17-11-12-32-20(17)21(29)27(23)18-10-6-4-8-15(18)24/h3-12H,2,13H2,1H3,(H,25,28). The number of amides is 1. The van der Waals surface area contributed by atoms with E-state index in [2.05, 4.69) is 10.3 Å². The molecule has 0 spiro atoms. The fourth-order valence-corrected chi connectivity index (χ4v) is 4.92. The molecule has 0 atom stereocenters. The molecule has 0 aliphatic carbocycles. The number of esters is 1. The molecule has 0 unspecified atom stereocenters. The zero-order valence-electron chi connectivity index (χ0n) is 17.4. The van der Waals surface area contributed by atoms with Gasteiger partial charge in [0.2, 0.25) is 5.91 Å². The molecule has 0 fully saturated rings. The van der Waals surface area contributed by atoms with E-state index in [4.69, 9.17) is 16.3 Å². The second-order valence-electron chi connectivity index (χ2n) is 6.72. The summed E-state index contributed by atoms with van der Waals surface area (Å²) in [5, 5.41) is 5.27. The second kappa shape index (κ2) is 10.2. The third-order valence-electron chi connectivity index (χ3n) is 4.57. The first-order chi connectivity index (χ1) is 16.0. The van der Waals surface area contributed by atoms with Crippen LogP contribution in [0.3, 0.4) is 0 Å². The van der Waals surface area contributed by atoms with Crippen LogP contribution in [0.1, 0.15) is 17.3 Å². The summed E-state index contributed by atoms with van der Waals surface area (Å²) in [6.45, 7) is 1.94. The second-order valence-corrected chi connectivity index (χ2v) is 8.99. The van der Waals surface area contributed by atoms with Crippen LogP contribution in [-0.2, 0) is 9.53 Å². The lowest BCUT2D eigenvalue weighted by atomic mass is 10.2. The van der Waals surface area contributed by atoms with Gasteiger partial charge in [-0.05, 0) is 42.6 Å². The average molecular weight is 500 g/mol. The number of nitrogens with zero attached hydrogens (tertiary/aromatic N) is 2. The van der Waals surface area contributed by atoms with Crippen LogP contribution in [0.15, 0.2) is 69.9 Å². The van der Waals surface area contributed by atoms with E-state index in [0.29, 0.717) is 31.8 Å². The molecule has 2 heterocycles. The SMILES string of the molecule is CCOC(=O)c1ccccc1NC(=O)CSc1nc2ccsc2c(=O)n1-c1ccccc1Cl. The zero-order chi connectivity index (χ0) is 23.4. The Kier molecular flexibility index (Phi) is 7.12. The molecule has 0 saturated heterocycles. The number of aromatic nitrogens is 2. The van der Waals surface area contributed by atoms with Crippen molar-refractivity contribution in [1.29, 1.82) is 0 Å². The van der Waals surface area contributed by atoms with Crippen molar-refractivity contribution in [3.05, 3.63) is 80.9 Å². The summed E-state index contributed by atoms with van der Waals surface area (Å²) in [4.78, 5) is 42.6. The maximum Gasteiger partial charge on any atom is 0.340 e. The van der Waals surface area contributed by atoms with Gasteiger partial charge in [-0.3, -0.25) is 14.2 Å². The normalized spacial score (nSPS) is 10.8. The number of fused-ring (bicyclic) bond motifs is 1. The molecule has 7 nitrogen and oxygen atoms in total. The van der Waals surface area contributed by atoms with Gasteiger partial charge in [0.05, 0.1) is 39.8 Å². The van der Waals surface area contributed by atoms with Crippen molar-refractivity contribution in [2.75, 3.05) is 17.7 Å². The van der Waals surface area contributed by atoms with Gasteiger partial charge in [0, 0.05) is 0 Å². The lowest BCUT2D eigenvalue weighted by Gasteiger charge is -2.14. The number of halogens is 1. The number of ether oxygens (including phenoxy) is 1. The van der Waals surface area contributed by atoms with Gasteiger partial charge in [0.1, 0.15) is 4.70 Å². The first-order valence-corrected chi connectivity index (χ1v) is 12.2. The van der Waals surface area contributed by atoms with Crippen LogP contribution in [0.4, 0.5) is 5.69 Å². The molecule has 0 bridgehead atoms. The Morgan fingerprint density at radius 1 is 1.15 bits per heavy atom. The summed E-state index contributed by atoms with van der Waals surface area (Å²) in [6, 6.07) is 15.4. The fraction of sp³-hybridized carbons (Fsp3) is 0.130. The van der Waals surface area contributed by atoms with Gasteiger partial charge < -0.3 is 10.1 Å². The van der Waals surface area contributed by atoms with E-state index < -0.39 is 5.97 Å². The number of nitrogens with one attached hydrogen (secondary N) is 1. The first kappa shape index (κ1) is 23.0. The number of para-hydroxylation sites is 2. The van der Waals surface area contributed by atoms with Gasteiger partial charge in [-0.25, -0.2) is 9.78 Å². The number of thioether (sulfide) groups is 1. The smallest absolute Gasteiger partial charge is 0.340 e. The third kappa shape index (κ3) is 4.95. The van der Waals surface area contributed by atoms with Gasteiger partial charge in [-0.1, -0.05) is 47.6 Å². The number of anilines is 1.